The third-order valence-electron chi connectivity index (χ3n) is 3.06. The molecule has 0 saturated heterocycles. The van der Waals surface area contributed by atoms with E-state index >= 15 is 0 Å². The summed E-state index contributed by atoms with van der Waals surface area (Å²) in [5, 5.41) is 0. The van der Waals surface area contributed by atoms with Crippen LogP contribution in [-0.2, 0) is 19.0 Å². The van der Waals surface area contributed by atoms with Gasteiger partial charge in [-0.1, -0.05) is 30.3 Å². The van der Waals surface area contributed by atoms with Gasteiger partial charge in [-0.05, 0) is 20.3 Å². The Bertz CT molecular complexity index is 479. The first kappa shape index (κ1) is 14.6. The predicted molar refractivity (Wildman–Crippen MR) is 75.7 cm³/mol. The zero-order chi connectivity index (χ0) is 14.4. The Balaban J connectivity index is 2.31. The fourth-order valence-electron chi connectivity index (χ4n) is 2.19. The van der Waals surface area contributed by atoms with E-state index in [1.54, 1.807) is 6.92 Å². The molecule has 0 radical (unpaired) electrons. The summed E-state index contributed by atoms with van der Waals surface area (Å²) in [6.07, 6.45) is 0.972. The Morgan fingerprint density at radius 2 is 2.00 bits per heavy atom. The maximum atomic E-state index is 12.0. The third kappa shape index (κ3) is 3.39. The first-order valence-electron chi connectivity index (χ1n) is 7.00. The highest BCUT2D eigenvalue weighted by molar-refractivity contribution is 5.96. The van der Waals surface area contributed by atoms with E-state index in [4.69, 9.17) is 14.2 Å². The molecule has 1 aromatic rings. The first-order valence-corrected chi connectivity index (χ1v) is 7.00. The van der Waals surface area contributed by atoms with E-state index < -0.39 is 0 Å². The highest BCUT2D eigenvalue weighted by Gasteiger charge is 2.28. The number of hydrogen-bond acceptors (Lipinski definition) is 4. The summed E-state index contributed by atoms with van der Waals surface area (Å²) in [6, 6.07) is 9.60. The van der Waals surface area contributed by atoms with Crippen LogP contribution in [0.4, 0.5) is 0 Å². The highest BCUT2D eigenvalue weighted by Crippen LogP contribution is 2.32. The van der Waals surface area contributed by atoms with Gasteiger partial charge in [0.1, 0.15) is 5.76 Å². The van der Waals surface area contributed by atoms with Crippen LogP contribution in [0.2, 0.25) is 0 Å². The van der Waals surface area contributed by atoms with Crippen LogP contribution >= 0.6 is 0 Å². The number of carbonyl (C=O) groups is 1. The molecule has 4 heteroatoms. The Morgan fingerprint density at radius 1 is 1.25 bits per heavy atom. The second-order valence-electron chi connectivity index (χ2n) is 4.44. The minimum Gasteiger partial charge on any atom is -0.464 e. The maximum absolute atomic E-state index is 12.0. The molecule has 0 fully saturated rings. The van der Waals surface area contributed by atoms with E-state index in [1.807, 2.05) is 37.3 Å². The van der Waals surface area contributed by atoms with E-state index in [2.05, 4.69) is 0 Å². The molecule has 1 heterocycles. The van der Waals surface area contributed by atoms with Gasteiger partial charge < -0.3 is 14.2 Å². The van der Waals surface area contributed by atoms with Crippen LogP contribution in [0.15, 0.2) is 35.9 Å². The normalized spacial score (nSPS) is 18.6. The van der Waals surface area contributed by atoms with Crippen molar-refractivity contribution in [1.82, 2.24) is 0 Å². The third-order valence-corrected chi connectivity index (χ3v) is 3.06. The summed E-state index contributed by atoms with van der Waals surface area (Å²) in [5.74, 6) is 0.273. The van der Waals surface area contributed by atoms with Gasteiger partial charge in [-0.3, -0.25) is 0 Å². The van der Waals surface area contributed by atoms with Gasteiger partial charge in [0, 0.05) is 18.6 Å². The summed E-state index contributed by atoms with van der Waals surface area (Å²) >= 11 is 0. The lowest BCUT2D eigenvalue weighted by molar-refractivity contribution is -0.140. The van der Waals surface area contributed by atoms with Crippen LogP contribution in [-0.4, -0.2) is 25.5 Å². The van der Waals surface area contributed by atoms with Crippen molar-refractivity contribution in [2.75, 3.05) is 13.2 Å². The molecule has 1 aliphatic heterocycles. The number of esters is 1. The van der Waals surface area contributed by atoms with Crippen LogP contribution in [0.1, 0.15) is 32.3 Å². The van der Waals surface area contributed by atoms with E-state index in [9.17, 15) is 4.79 Å². The van der Waals surface area contributed by atoms with E-state index in [0.717, 1.165) is 5.56 Å². The summed E-state index contributed by atoms with van der Waals surface area (Å²) in [6.45, 7) is 4.67. The van der Waals surface area contributed by atoms with Crippen LogP contribution < -0.4 is 0 Å². The van der Waals surface area contributed by atoms with Gasteiger partial charge in [-0.15, -0.1) is 0 Å². The Labute approximate surface area is 119 Å². The molecule has 0 bridgehead atoms. The van der Waals surface area contributed by atoms with E-state index in [-0.39, 0.29) is 12.3 Å². The molecule has 2 rings (SSSR count). The van der Waals surface area contributed by atoms with Crippen LogP contribution in [0.3, 0.4) is 0 Å². The lowest BCUT2D eigenvalue weighted by Crippen LogP contribution is -2.25. The summed E-state index contributed by atoms with van der Waals surface area (Å²) in [5.41, 5.74) is 1.47. The van der Waals surface area contributed by atoms with Crippen molar-refractivity contribution >= 4 is 11.7 Å². The molecule has 1 aliphatic rings. The lowest BCUT2D eigenvalue weighted by Gasteiger charge is -2.27. The van der Waals surface area contributed by atoms with Gasteiger partial charge in [0.15, 0.2) is 6.29 Å². The topological polar surface area (TPSA) is 44.8 Å². The number of ether oxygens (including phenoxy) is 3. The zero-order valence-corrected chi connectivity index (χ0v) is 11.9. The monoisotopic (exact) mass is 276 g/mol. The van der Waals surface area contributed by atoms with Gasteiger partial charge in [-0.2, -0.15) is 0 Å². The molecule has 0 saturated carbocycles. The van der Waals surface area contributed by atoms with Crippen molar-refractivity contribution in [2.45, 2.75) is 33.0 Å². The fraction of sp³-hybridized carbons (Fsp3) is 0.438. The van der Waals surface area contributed by atoms with Crippen LogP contribution in [0.25, 0.3) is 5.76 Å². The molecule has 0 amide bonds. The molecule has 4 nitrogen and oxygen atoms in total. The number of carbonyl (C=O) groups excluding carboxylic acids is 1. The Kier molecular flexibility index (Phi) is 5.18. The largest absolute Gasteiger partial charge is 0.464 e. The summed E-state index contributed by atoms with van der Waals surface area (Å²) in [4.78, 5) is 12.0. The maximum Gasteiger partial charge on any atom is 0.337 e. The quantitative estimate of drug-likeness (QED) is 0.775. The first-order chi connectivity index (χ1) is 9.76. The molecule has 1 unspecified atom stereocenters. The number of rotatable bonds is 5. The van der Waals surface area contributed by atoms with Gasteiger partial charge in [-0.25, -0.2) is 4.79 Å². The number of hydrogen-bond donors (Lipinski definition) is 0. The molecule has 0 aromatic heterocycles. The summed E-state index contributed by atoms with van der Waals surface area (Å²) < 4.78 is 16.5. The molecule has 1 atom stereocenters. The fourth-order valence-corrected chi connectivity index (χ4v) is 2.19. The Hall–Kier alpha value is -1.81. The standard InChI is InChI=1S/C16H20O4/c1-3-18-14-11-10-13(16(17)19-4-2)15(20-14)12-8-6-5-7-9-12/h5-9,14H,3-4,10-11H2,1-2H3. The molecular weight excluding hydrogens is 256 g/mol. The second kappa shape index (κ2) is 7.10. The van der Waals surface area contributed by atoms with Crippen LogP contribution in [0, 0.1) is 0 Å². The van der Waals surface area contributed by atoms with Crippen molar-refractivity contribution in [1.29, 1.82) is 0 Å². The SMILES string of the molecule is CCOC(=O)C1=C(c2ccccc2)OC(OCC)CC1. The predicted octanol–water partition coefficient (Wildman–Crippen LogP) is 3.13. The van der Waals surface area contributed by atoms with Crippen molar-refractivity contribution in [2.24, 2.45) is 0 Å². The minimum absolute atomic E-state index is 0.298. The van der Waals surface area contributed by atoms with E-state index in [0.29, 0.717) is 37.4 Å². The van der Waals surface area contributed by atoms with Crippen molar-refractivity contribution in [3.63, 3.8) is 0 Å². The Morgan fingerprint density at radius 3 is 2.65 bits per heavy atom. The molecular formula is C16H20O4. The summed E-state index contributed by atoms with van der Waals surface area (Å²) in [7, 11) is 0. The average molecular weight is 276 g/mol. The molecule has 20 heavy (non-hydrogen) atoms. The van der Waals surface area contributed by atoms with Gasteiger partial charge in [0.05, 0.1) is 12.2 Å². The van der Waals surface area contributed by atoms with Crippen LogP contribution in [0.5, 0.6) is 0 Å². The van der Waals surface area contributed by atoms with Crippen molar-refractivity contribution in [3.8, 4) is 0 Å². The van der Waals surface area contributed by atoms with Gasteiger partial charge in [0.2, 0.25) is 0 Å². The molecule has 1 aromatic carbocycles. The minimum atomic E-state index is -0.304. The van der Waals surface area contributed by atoms with Crippen molar-refractivity contribution < 1.29 is 19.0 Å². The smallest absolute Gasteiger partial charge is 0.337 e. The molecule has 0 spiro atoms. The lowest BCUT2D eigenvalue weighted by atomic mass is 10.0. The number of benzene rings is 1. The molecule has 0 N–H and O–H groups in total. The molecule has 108 valence electrons. The second-order valence-corrected chi connectivity index (χ2v) is 4.44. The van der Waals surface area contributed by atoms with E-state index in [1.165, 1.54) is 0 Å². The zero-order valence-electron chi connectivity index (χ0n) is 11.9. The molecule has 0 aliphatic carbocycles. The van der Waals surface area contributed by atoms with Crippen molar-refractivity contribution in [3.05, 3.63) is 41.5 Å². The van der Waals surface area contributed by atoms with Gasteiger partial charge in [0.25, 0.3) is 0 Å². The highest BCUT2D eigenvalue weighted by atomic mass is 16.7. The average Bonchev–Trinajstić information content (AvgIpc) is 2.48. The van der Waals surface area contributed by atoms with Gasteiger partial charge >= 0.3 is 5.97 Å².